The SMILES string of the molecule is CCCCN(CCO)c1ccc(CO)cn1. The summed E-state index contributed by atoms with van der Waals surface area (Å²) >= 11 is 0. The first-order valence-corrected chi connectivity index (χ1v) is 5.73. The van der Waals surface area contributed by atoms with Crippen LogP contribution in [0.15, 0.2) is 18.3 Å². The minimum atomic E-state index is 0.0161. The average molecular weight is 224 g/mol. The molecule has 1 aromatic heterocycles. The zero-order valence-electron chi connectivity index (χ0n) is 9.76. The van der Waals surface area contributed by atoms with Gasteiger partial charge < -0.3 is 15.1 Å². The molecule has 0 spiro atoms. The lowest BCUT2D eigenvalue weighted by molar-refractivity contribution is 0.281. The fourth-order valence-electron chi connectivity index (χ4n) is 1.51. The molecule has 0 aliphatic heterocycles. The van der Waals surface area contributed by atoms with Crippen LogP contribution in [-0.4, -0.2) is 34.9 Å². The predicted octanol–water partition coefficient (Wildman–Crippen LogP) is 1.17. The third kappa shape index (κ3) is 3.79. The summed E-state index contributed by atoms with van der Waals surface area (Å²) in [5, 5.41) is 17.9. The van der Waals surface area contributed by atoms with E-state index in [-0.39, 0.29) is 13.2 Å². The van der Waals surface area contributed by atoms with Gasteiger partial charge in [0.15, 0.2) is 0 Å². The molecule has 0 saturated heterocycles. The summed E-state index contributed by atoms with van der Waals surface area (Å²) in [6.45, 7) is 3.79. The highest BCUT2D eigenvalue weighted by Crippen LogP contribution is 2.12. The predicted molar refractivity (Wildman–Crippen MR) is 64.4 cm³/mol. The monoisotopic (exact) mass is 224 g/mol. The third-order valence-corrected chi connectivity index (χ3v) is 2.47. The van der Waals surface area contributed by atoms with E-state index in [9.17, 15) is 0 Å². The number of aliphatic hydroxyl groups is 2. The fraction of sp³-hybridized carbons (Fsp3) is 0.583. The Morgan fingerprint density at radius 2 is 2.06 bits per heavy atom. The first-order chi connectivity index (χ1) is 7.81. The zero-order chi connectivity index (χ0) is 11.8. The van der Waals surface area contributed by atoms with E-state index in [4.69, 9.17) is 10.2 Å². The second-order valence-electron chi connectivity index (χ2n) is 3.75. The number of pyridine rings is 1. The van der Waals surface area contributed by atoms with Crippen molar-refractivity contribution in [3.05, 3.63) is 23.9 Å². The summed E-state index contributed by atoms with van der Waals surface area (Å²) < 4.78 is 0. The summed E-state index contributed by atoms with van der Waals surface area (Å²) in [5.74, 6) is 0.861. The van der Waals surface area contributed by atoms with Crippen LogP contribution in [-0.2, 0) is 6.61 Å². The van der Waals surface area contributed by atoms with Crippen molar-refractivity contribution in [3.8, 4) is 0 Å². The molecule has 0 atom stereocenters. The molecule has 4 heteroatoms. The molecule has 0 aliphatic rings. The number of rotatable bonds is 7. The number of aromatic nitrogens is 1. The van der Waals surface area contributed by atoms with Crippen LogP contribution in [0.4, 0.5) is 5.82 Å². The topological polar surface area (TPSA) is 56.6 Å². The second kappa shape index (κ2) is 7.19. The first kappa shape index (κ1) is 12.9. The van der Waals surface area contributed by atoms with Crippen molar-refractivity contribution in [2.45, 2.75) is 26.4 Å². The molecular formula is C12H20N2O2. The molecule has 16 heavy (non-hydrogen) atoms. The maximum atomic E-state index is 8.99. The lowest BCUT2D eigenvalue weighted by Gasteiger charge is -2.22. The van der Waals surface area contributed by atoms with Gasteiger partial charge >= 0.3 is 0 Å². The van der Waals surface area contributed by atoms with E-state index < -0.39 is 0 Å². The van der Waals surface area contributed by atoms with Crippen LogP contribution in [0.3, 0.4) is 0 Å². The number of hydrogen-bond donors (Lipinski definition) is 2. The van der Waals surface area contributed by atoms with Gasteiger partial charge in [0, 0.05) is 19.3 Å². The van der Waals surface area contributed by atoms with E-state index in [1.807, 2.05) is 12.1 Å². The van der Waals surface area contributed by atoms with Crippen LogP contribution in [0.1, 0.15) is 25.3 Å². The maximum absolute atomic E-state index is 8.99. The van der Waals surface area contributed by atoms with E-state index in [0.29, 0.717) is 6.54 Å². The Balaban J connectivity index is 2.67. The van der Waals surface area contributed by atoms with Gasteiger partial charge in [-0.25, -0.2) is 4.98 Å². The fourth-order valence-corrected chi connectivity index (χ4v) is 1.51. The van der Waals surface area contributed by atoms with Crippen molar-refractivity contribution in [1.29, 1.82) is 0 Å². The van der Waals surface area contributed by atoms with Crippen molar-refractivity contribution in [2.75, 3.05) is 24.6 Å². The number of hydrogen-bond acceptors (Lipinski definition) is 4. The van der Waals surface area contributed by atoms with E-state index in [1.165, 1.54) is 0 Å². The molecule has 2 N–H and O–H groups in total. The van der Waals surface area contributed by atoms with Gasteiger partial charge in [0.05, 0.1) is 13.2 Å². The summed E-state index contributed by atoms with van der Waals surface area (Å²) in [7, 11) is 0. The van der Waals surface area contributed by atoms with Crippen LogP contribution >= 0.6 is 0 Å². The van der Waals surface area contributed by atoms with Crippen LogP contribution in [0.2, 0.25) is 0 Å². The molecule has 0 fully saturated rings. The highest BCUT2D eigenvalue weighted by molar-refractivity contribution is 5.39. The standard InChI is InChI=1S/C12H20N2O2/c1-2-3-6-14(7-8-15)12-5-4-11(10-16)9-13-12/h4-5,9,15-16H,2-3,6-8,10H2,1H3. The quantitative estimate of drug-likeness (QED) is 0.730. The van der Waals surface area contributed by atoms with Crippen molar-refractivity contribution in [1.82, 2.24) is 4.98 Å². The molecule has 1 aromatic rings. The third-order valence-electron chi connectivity index (χ3n) is 2.47. The second-order valence-corrected chi connectivity index (χ2v) is 3.75. The molecule has 1 rings (SSSR count). The molecule has 0 saturated carbocycles. The van der Waals surface area contributed by atoms with Crippen molar-refractivity contribution >= 4 is 5.82 Å². The molecule has 90 valence electrons. The van der Waals surface area contributed by atoms with E-state index in [1.54, 1.807) is 6.20 Å². The Kier molecular flexibility index (Phi) is 5.82. The van der Waals surface area contributed by atoms with Crippen LogP contribution in [0, 0.1) is 0 Å². The van der Waals surface area contributed by atoms with Gasteiger partial charge in [-0.1, -0.05) is 19.4 Å². The lowest BCUT2D eigenvalue weighted by atomic mass is 10.2. The van der Waals surface area contributed by atoms with Gasteiger partial charge in [0.25, 0.3) is 0 Å². The minimum Gasteiger partial charge on any atom is -0.395 e. The van der Waals surface area contributed by atoms with E-state index in [0.717, 1.165) is 30.8 Å². The van der Waals surface area contributed by atoms with Crippen LogP contribution in [0.5, 0.6) is 0 Å². The van der Waals surface area contributed by atoms with E-state index >= 15 is 0 Å². The Hall–Kier alpha value is -1.13. The zero-order valence-corrected chi connectivity index (χ0v) is 9.76. The van der Waals surface area contributed by atoms with Gasteiger partial charge in [-0.15, -0.1) is 0 Å². The molecular weight excluding hydrogens is 204 g/mol. The molecule has 1 heterocycles. The largest absolute Gasteiger partial charge is 0.395 e. The van der Waals surface area contributed by atoms with Crippen molar-refractivity contribution < 1.29 is 10.2 Å². The van der Waals surface area contributed by atoms with E-state index in [2.05, 4.69) is 16.8 Å². The minimum absolute atomic E-state index is 0.0161. The number of unbranched alkanes of at least 4 members (excludes halogenated alkanes) is 1. The summed E-state index contributed by atoms with van der Waals surface area (Å²) in [4.78, 5) is 6.34. The average Bonchev–Trinajstić information content (AvgIpc) is 2.35. The summed E-state index contributed by atoms with van der Waals surface area (Å²) in [6, 6.07) is 3.75. The maximum Gasteiger partial charge on any atom is 0.128 e. The van der Waals surface area contributed by atoms with Gasteiger partial charge in [0.2, 0.25) is 0 Å². The van der Waals surface area contributed by atoms with Gasteiger partial charge in [0.1, 0.15) is 5.82 Å². The highest BCUT2D eigenvalue weighted by Gasteiger charge is 2.06. The summed E-state index contributed by atoms with van der Waals surface area (Å²) in [5.41, 5.74) is 0.809. The van der Waals surface area contributed by atoms with Gasteiger partial charge in [-0.05, 0) is 18.1 Å². The summed E-state index contributed by atoms with van der Waals surface area (Å²) in [6.07, 6.45) is 3.88. The van der Waals surface area contributed by atoms with Crippen LogP contribution < -0.4 is 4.90 Å². The Labute approximate surface area is 96.6 Å². The van der Waals surface area contributed by atoms with Crippen LogP contribution in [0.25, 0.3) is 0 Å². The molecule has 4 nitrogen and oxygen atoms in total. The van der Waals surface area contributed by atoms with Gasteiger partial charge in [-0.3, -0.25) is 0 Å². The molecule has 0 unspecified atom stereocenters. The highest BCUT2D eigenvalue weighted by atomic mass is 16.3. The first-order valence-electron chi connectivity index (χ1n) is 5.73. The normalized spacial score (nSPS) is 10.4. The number of nitrogens with zero attached hydrogens (tertiary/aromatic N) is 2. The Morgan fingerprint density at radius 3 is 2.56 bits per heavy atom. The lowest BCUT2D eigenvalue weighted by Crippen LogP contribution is -2.28. The van der Waals surface area contributed by atoms with Gasteiger partial charge in [-0.2, -0.15) is 0 Å². The Bertz CT molecular complexity index is 288. The number of aliphatic hydroxyl groups excluding tert-OH is 2. The van der Waals surface area contributed by atoms with Crippen molar-refractivity contribution in [2.24, 2.45) is 0 Å². The smallest absolute Gasteiger partial charge is 0.128 e. The number of anilines is 1. The van der Waals surface area contributed by atoms with Crippen molar-refractivity contribution in [3.63, 3.8) is 0 Å². The molecule has 0 aromatic carbocycles. The Morgan fingerprint density at radius 1 is 1.25 bits per heavy atom. The molecule has 0 amide bonds. The molecule has 0 bridgehead atoms. The molecule has 0 radical (unpaired) electrons. The molecule has 0 aliphatic carbocycles.